The third-order valence-electron chi connectivity index (χ3n) is 3.91. The molecule has 110 valence electrons. The first-order valence-electron chi connectivity index (χ1n) is 6.99. The number of fused-ring (bicyclic) bond motifs is 2. The first kappa shape index (κ1) is 12.9. The van der Waals surface area contributed by atoms with Crippen molar-refractivity contribution in [1.29, 1.82) is 0 Å². The van der Waals surface area contributed by atoms with Gasteiger partial charge in [-0.25, -0.2) is 9.18 Å². The van der Waals surface area contributed by atoms with Crippen molar-refractivity contribution in [3.8, 4) is 0 Å². The second-order valence-corrected chi connectivity index (χ2v) is 5.29. The number of carbonyl (C=O) groups excluding carboxylic acids is 1. The van der Waals surface area contributed by atoms with Crippen molar-refractivity contribution in [2.45, 2.75) is 18.9 Å². The van der Waals surface area contributed by atoms with Gasteiger partial charge in [-0.2, -0.15) is 0 Å². The molecule has 0 aliphatic heterocycles. The summed E-state index contributed by atoms with van der Waals surface area (Å²) in [5, 5.41) is 7.64. The molecule has 3 aromatic rings. The van der Waals surface area contributed by atoms with Gasteiger partial charge >= 0.3 is 5.97 Å². The number of carbonyl (C=O) groups is 1. The van der Waals surface area contributed by atoms with Gasteiger partial charge in [0.25, 0.3) is 0 Å². The molecule has 0 N–H and O–H groups in total. The number of aryl methyl sites for hydroxylation is 1. The van der Waals surface area contributed by atoms with Crippen LogP contribution < -0.4 is 0 Å². The van der Waals surface area contributed by atoms with Crippen molar-refractivity contribution in [3.63, 3.8) is 0 Å². The van der Waals surface area contributed by atoms with Gasteiger partial charge < -0.3 is 4.74 Å². The largest absolute Gasteiger partial charge is 0.454 e. The third kappa shape index (κ3) is 2.13. The molecular formula is C16H12FN3O2. The molecule has 0 fully saturated rings. The molecule has 0 saturated carbocycles. The van der Waals surface area contributed by atoms with Crippen LogP contribution in [0.2, 0.25) is 0 Å². The Morgan fingerprint density at radius 1 is 1.32 bits per heavy atom. The molecule has 1 atom stereocenters. The molecule has 2 aromatic heterocycles. The summed E-state index contributed by atoms with van der Waals surface area (Å²) < 4.78 is 20.6. The molecule has 1 aliphatic carbocycles. The van der Waals surface area contributed by atoms with Crippen LogP contribution >= 0.6 is 0 Å². The summed E-state index contributed by atoms with van der Waals surface area (Å²) in [5.74, 6) is -0.745. The van der Waals surface area contributed by atoms with Crippen LogP contribution in [-0.4, -0.2) is 20.6 Å². The summed E-state index contributed by atoms with van der Waals surface area (Å²) in [6, 6.07) is 7.98. The van der Waals surface area contributed by atoms with E-state index in [2.05, 4.69) is 10.2 Å². The first-order chi connectivity index (χ1) is 10.7. The Morgan fingerprint density at radius 2 is 2.23 bits per heavy atom. The number of ether oxygens (including phenoxy) is 1. The Morgan fingerprint density at radius 3 is 3.14 bits per heavy atom. The van der Waals surface area contributed by atoms with Gasteiger partial charge in [-0.1, -0.05) is 6.07 Å². The fourth-order valence-electron chi connectivity index (χ4n) is 2.80. The quantitative estimate of drug-likeness (QED) is 0.682. The summed E-state index contributed by atoms with van der Waals surface area (Å²) in [6.07, 6.45) is 4.22. The van der Waals surface area contributed by atoms with Gasteiger partial charge in [0.05, 0.1) is 5.56 Å². The smallest absolute Gasteiger partial charge is 0.340 e. The minimum atomic E-state index is -0.433. The molecule has 1 unspecified atom stereocenters. The summed E-state index contributed by atoms with van der Waals surface area (Å²) in [4.78, 5) is 12.3. The van der Waals surface area contributed by atoms with Crippen molar-refractivity contribution in [1.82, 2.24) is 14.6 Å². The van der Waals surface area contributed by atoms with Crippen LogP contribution in [0, 0.1) is 5.82 Å². The van der Waals surface area contributed by atoms with Gasteiger partial charge in [0.15, 0.2) is 5.65 Å². The fourth-order valence-corrected chi connectivity index (χ4v) is 2.80. The highest BCUT2D eigenvalue weighted by atomic mass is 19.1. The van der Waals surface area contributed by atoms with Crippen molar-refractivity contribution in [2.24, 2.45) is 0 Å². The maximum atomic E-state index is 13.4. The SMILES string of the molecule is O=C(OC1CCc2ccc(F)cc21)c1ccc2nncn2c1. The van der Waals surface area contributed by atoms with Crippen LogP contribution in [0.5, 0.6) is 0 Å². The first-order valence-corrected chi connectivity index (χ1v) is 6.99. The number of aromatic nitrogens is 3. The molecule has 0 spiro atoms. The van der Waals surface area contributed by atoms with Crippen LogP contribution in [0.4, 0.5) is 4.39 Å². The van der Waals surface area contributed by atoms with Crippen molar-refractivity contribution >= 4 is 11.6 Å². The van der Waals surface area contributed by atoms with Gasteiger partial charge in [0, 0.05) is 6.20 Å². The number of hydrogen-bond acceptors (Lipinski definition) is 4. The average Bonchev–Trinajstić information content (AvgIpc) is 3.13. The van der Waals surface area contributed by atoms with Crippen molar-refractivity contribution in [2.75, 3.05) is 0 Å². The molecule has 22 heavy (non-hydrogen) atoms. The van der Waals surface area contributed by atoms with Gasteiger partial charge in [0.2, 0.25) is 0 Å². The van der Waals surface area contributed by atoms with E-state index in [1.54, 1.807) is 28.8 Å². The number of nitrogens with zero attached hydrogens (tertiary/aromatic N) is 3. The molecule has 5 nitrogen and oxygen atoms in total. The Kier molecular flexibility index (Phi) is 2.89. The average molecular weight is 297 g/mol. The van der Waals surface area contributed by atoms with Gasteiger partial charge in [0.1, 0.15) is 18.2 Å². The van der Waals surface area contributed by atoms with Crippen LogP contribution in [0.15, 0.2) is 42.9 Å². The van der Waals surface area contributed by atoms with Crippen molar-refractivity contribution < 1.29 is 13.9 Å². The molecule has 0 saturated heterocycles. The second kappa shape index (κ2) is 4.91. The monoisotopic (exact) mass is 297 g/mol. The van der Waals surface area contributed by atoms with E-state index in [9.17, 15) is 9.18 Å². The molecule has 0 amide bonds. The lowest BCUT2D eigenvalue weighted by molar-refractivity contribution is 0.0300. The van der Waals surface area contributed by atoms with Gasteiger partial charge in [-0.05, 0) is 48.2 Å². The molecule has 0 radical (unpaired) electrons. The van der Waals surface area contributed by atoms with E-state index >= 15 is 0 Å². The predicted molar refractivity (Wildman–Crippen MR) is 75.9 cm³/mol. The van der Waals surface area contributed by atoms with Crippen LogP contribution in [0.3, 0.4) is 0 Å². The zero-order chi connectivity index (χ0) is 15.1. The van der Waals surface area contributed by atoms with E-state index in [0.29, 0.717) is 17.6 Å². The van der Waals surface area contributed by atoms with Crippen LogP contribution in [0.1, 0.15) is 34.0 Å². The third-order valence-corrected chi connectivity index (χ3v) is 3.91. The zero-order valence-corrected chi connectivity index (χ0v) is 11.6. The number of hydrogen-bond donors (Lipinski definition) is 0. The molecule has 2 heterocycles. The Bertz CT molecular complexity index is 875. The predicted octanol–water partition coefficient (Wildman–Crippen LogP) is 2.71. The molecule has 6 heteroatoms. The van der Waals surface area contributed by atoms with E-state index in [-0.39, 0.29) is 5.82 Å². The number of rotatable bonds is 2. The maximum absolute atomic E-state index is 13.4. The molecule has 1 aliphatic rings. The minimum Gasteiger partial charge on any atom is -0.454 e. The van der Waals surface area contributed by atoms with E-state index in [0.717, 1.165) is 17.5 Å². The highest BCUT2D eigenvalue weighted by Crippen LogP contribution is 2.34. The van der Waals surface area contributed by atoms with Gasteiger partial charge in [-0.3, -0.25) is 4.40 Å². The summed E-state index contributed by atoms with van der Waals surface area (Å²) in [7, 11) is 0. The highest BCUT2D eigenvalue weighted by Gasteiger charge is 2.26. The Balaban J connectivity index is 1.59. The topological polar surface area (TPSA) is 56.5 Å². The van der Waals surface area contributed by atoms with E-state index in [4.69, 9.17) is 4.74 Å². The van der Waals surface area contributed by atoms with Crippen molar-refractivity contribution in [3.05, 3.63) is 65.4 Å². The summed E-state index contributed by atoms with van der Waals surface area (Å²) >= 11 is 0. The Hall–Kier alpha value is -2.76. The van der Waals surface area contributed by atoms with E-state index < -0.39 is 12.1 Å². The summed E-state index contributed by atoms with van der Waals surface area (Å²) in [5.41, 5.74) is 2.87. The Labute approximate surface area is 125 Å². The molecule has 0 bridgehead atoms. The number of benzene rings is 1. The zero-order valence-electron chi connectivity index (χ0n) is 11.6. The van der Waals surface area contributed by atoms with E-state index in [1.165, 1.54) is 18.5 Å². The number of pyridine rings is 1. The normalized spacial score (nSPS) is 16.7. The maximum Gasteiger partial charge on any atom is 0.340 e. The van der Waals surface area contributed by atoms with Crippen LogP contribution in [0.25, 0.3) is 5.65 Å². The molecule has 4 rings (SSSR count). The molecular weight excluding hydrogens is 285 g/mol. The second-order valence-electron chi connectivity index (χ2n) is 5.29. The van der Waals surface area contributed by atoms with Gasteiger partial charge in [-0.15, -0.1) is 10.2 Å². The number of esters is 1. The lowest BCUT2D eigenvalue weighted by Crippen LogP contribution is -2.10. The lowest BCUT2D eigenvalue weighted by atomic mass is 10.1. The highest BCUT2D eigenvalue weighted by molar-refractivity contribution is 5.89. The standard InChI is InChI=1S/C16H12FN3O2/c17-12-4-1-10-2-5-14(13(10)7-12)22-16(21)11-3-6-15-19-18-9-20(15)8-11/h1,3-4,6-9,14H,2,5H2. The number of halogens is 1. The lowest BCUT2D eigenvalue weighted by Gasteiger charge is -2.13. The van der Waals surface area contributed by atoms with Crippen LogP contribution in [-0.2, 0) is 11.2 Å². The fraction of sp³-hybridized carbons (Fsp3) is 0.188. The van der Waals surface area contributed by atoms with E-state index in [1.807, 2.05) is 0 Å². The molecule has 1 aromatic carbocycles. The summed E-state index contributed by atoms with van der Waals surface area (Å²) in [6.45, 7) is 0. The minimum absolute atomic E-state index is 0.312.